The predicted molar refractivity (Wildman–Crippen MR) is 169 cm³/mol. The van der Waals surface area contributed by atoms with Crippen molar-refractivity contribution in [2.75, 3.05) is 43.1 Å². The summed E-state index contributed by atoms with van der Waals surface area (Å²) in [7, 11) is 3.98. The third kappa shape index (κ3) is 8.52. The molecule has 8 nitrogen and oxygen atoms in total. The van der Waals surface area contributed by atoms with Crippen LogP contribution in [0.1, 0.15) is 57.5 Å². The molecular formula is C32H36N6O2S. The molecule has 0 aliphatic carbocycles. The topological polar surface area (TPSA) is 110 Å². The molecule has 2 amide bonds. The number of amides is 2. The first-order valence-corrected chi connectivity index (χ1v) is 14.0. The van der Waals surface area contributed by atoms with Crippen molar-refractivity contribution in [2.45, 2.75) is 40.0 Å². The monoisotopic (exact) mass is 568 g/mol. The highest BCUT2D eigenvalue weighted by atomic mass is 32.1. The lowest BCUT2D eigenvalue weighted by Crippen LogP contribution is -2.18. The van der Waals surface area contributed by atoms with E-state index in [-0.39, 0.29) is 11.8 Å². The first-order valence-electron chi connectivity index (χ1n) is 13.2. The fourth-order valence-corrected chi connectivity index (χ4v) is 4.72. The Balaban J connectivity index is 1.74. The fraction of sp³-hybridized carbons (Fsp3) is 0.312. The second kappa shape index (κ2) is 13.8. The number of benzene rings is 2. The van der Waals surface area contributed by atoms with Crippen molar-refractivity contribution >= 4 is 45.4 Å². The van der Waals surface area contributed by atoms with Gasteiger partial charge in [0.2, 0.25) is 0 Å². The van der Waals surface area contributed by atoms with Crippen molar-refractivity contribution in [3.8, 4) is 17.9 Å². The molecule has 0 radical (unpaired) electrons. The van der Waals surface area contributed by atoms with Crippen LogP contribution in [0, 0.1) is 37.0 Å². The fourth-order valence-electron chi connectivity index (χ4n) is 3.75. The molecule has 3 rings (SSSR count). The van der Waals surface area contributed by atoms with Crippen LogP contribution >= 0.6 is 11.3 Å². The van der Waals surface area contributed by atoms with Gasteiger partial charge in [0.05, 0.1) is 27.9 Å². The van der Waals surface area contributed by atoms with Gasteiger partial charge < -0.3 is 20.9 Å². The first kappa shape index (κ1) is 31.1. The molecule has 0 saturated carbocycles. The Labute approximate surface area is 246 Å². The molecule has 0 spiro atoms. The van der Waals surface area contributed by atoms with E-state index in [4.69, 9.17) is 0 Å². The van der Waals surface area contributed by atoms with E-state index < -0.39 is 5.41 Å². The SMILES string of the molecule is CC#CC(=NCCN(C)C)Nc1sc(C(=O)Nc2cc(NC(=O)c3cccc(C(C)(C)C#N)c3)ccc2C)cc1C. The van der Waals surface area contributed by atoms with Crippen LogP contribution in [-0.4, -0.2) is 49.7 Å². The number of rotatable bonds is 9. The molecular weight excluding hydrogens is 532 g/mol. The smallest absolute Gasteiger partial charge is 0.265 e. The Morgan fingerprint density at radius 1 is 1.00 bits per heavy atom. The molecule has 0 aliphatic rings. The molecule has 3 N–H and O–H groups in total. The molecule has 0 bridgehead atoms. The van der Waals surface area contributed by atoms with E-state index in [0.29, 0.717) is 34.2 Å². The van der Waals surface area contributed by atoms with Crippen molar-refractivity contribution in [3.05, 3.63) is 75.7 Å². The third-order valence-electron chi connectivity index (χ3n) is 6.30. The summed E-state index contributed by atoms with van der Waals surface area (Å²) in [6.45, 7) is 10.6. The highest BCUT2D eigenvalue weighted by molar-refractivity contribution is 7.18. The maximum Gasteiger partial charge on any atom is 0.265 e. The summed E-state index contributed by atoms with van der Waals surface area (Å²) in [6.07, 6.45) is 0. The van der Waals surface area contributed by atoms with Crippen molar-refractivity contribution in [3.63, 3.8) is 0 Å². The average Bonchev–Trinajstić information content (AvgIpc) is 3.30. The quantitative estimate of drug-likeness (QED) is 0.165. The highest BCUT2D eigenvalue weighted by Gasteiger charge is 2.21. The van der Waals surface area contributed by atoms with Gasteiger partial charge in [0.25, 0.3) is 11.8 Å². The van der Waals surface area contributed by atoms with Gasteiger partial charge >= 0.3 is 0 Å². The summed E-state index contributed by atoms with van der Waals surface area (Å²) in [6, 6.07) is 16.5. The lowest BCUT2D eigenvalue weighted by atomic mass is 9.85. The Bertz CT molecular complexity index is 1570. The molecule has 1 aromatic heterocycles. The summed E-state index contributed by atoms with van der Waals surface area (Å²) in [5.74, 6) is 5.88. The van der Waals surface area contributed by atoms with E-state index in [0.717, 1.165) is 28.2 Å². The molecule has 41 heavy (non-hydrogen) atoms. The molecule has 0 saturated heterocycles. The van der Waals surface area contributed by atoms with Crippen LogP contribution in [0.2, 0.25) is 0 Å². The van der Waals surface area contributed by atoms with Gasteiger partial charge in [0, 0.05) is 23.5 Å². The Kier molecular flexibility index (Phi) is 10.4. The van der Waals surface area contributed by atoms with Crippen molar-refractivity contribution in [1.29, 1.82) is 5.26 Å². The van der Waals surface area contributed by atoms with E-state index >= 15 is 0 Å². The van der Waals surface area contributed by atoms with Crippen LogP contribution in [0.25, 0.3) is 0 Å². The standard InChI is InChI=1S/C32H36N6O2S/c1-8-10-28(34-15-16-38(6)7)37-31-22(3)17-27(41-31)30(40)36-26-19-25(14-13-21(26)2)35-29(39)23-11-9-12-24(18-23)32(4,5)20-33/h9,11-14,17-19H,15-16H2,1-7H3,(H,34,37)(H,35,39)(H,36,40). The summed E-state index contributed by atoms with van der Waals surface area (Å²) in [5.41, 5.74) is 3.41. The Morgan fingerprint density at radius 2 is 1.76 bits per heavy atom. The minimum Gasteiger partial charge on any atom is -0.325 e. The number of aliphatic imine (C=N–C) groups is 1. The minimum absolute atomic E-state index is 0.253. The number of thiophene rings is 1. The van der Waals surface area contributed by atoms with Gasteiger partial charge in [-0.05, 0) is 102 Å². The molecule has 212 valence electrons. The molecule has 9 heteroatoms. The van der Waals surface area contributed by atoms with Gasteiger partial charge in [0.15, 0.2) is 5.84 Å². The lowest BCUT2D eigenvalue weighted by molar-refractivity contribution is 0.102. The zero-order valence-corrected chi connectivity index (χ0v) is 25.4. The van der Waals surface area contributed by atoms with Crippen LogP contribution in [0.4, 0.5) is 16.4 Å². The van der Waals surface area contributed by atoms with Gasteiger partial charge in [-0.2, -0.15) is 5.26 Å². The van der Waals surface area contributed by atoms with Crippen molar-refractivity contribution in [1.82, 2.24) is 4.90 Å². The number of nitrogens with one attached hydrogen (secondary N) is 3. The van der Waals surface area contributed by atoms with Gasteiger partial charge in [-0.15, -0.1) is 11.3 Å². The maximum atomic E-state index is 13.2. The van der Waals surface area contributed by atoms with E-state index in [2.05, 4.69) is 43.8 Å². The molecule has 3 aromatic rings. The Morgan fingerprint density at radius 3 is 2.44 bits per heavy atom. The van der Waals surface area contributed by atoms with Crippen LogP contribution in [0.5, 0.6) is 0 Å². The number of amidine groups is 1. The molecule has 0 aliphatic heterocycles. The van der Waals surface area contributed by atoms with Crippen molar-refractivity contribution < 1.29 is 9.59 Å². The van der Waals surface area contributed by atoms with E-state index in [1.807, 2.05) is 60.0 Å². The number of likely N-dealkylation sites (N-methyl/N-ethyl adjacent to an activating group) is 1. The summed E-state index contributed by atoms with van der Waals surface area (Å²) in [5, 5.41) is 19.4. The van der Waals surface area contributed by atoms with Gasteiger partial charge in [-0.1, -0.05) is 24.1 Å². The van der Waals surface area contributed by atoms with Crippen LogP contribution in [0.15, 0.2) is 53.5 Å². The van der Waals surface area contributed by atoms with Crippen molar-refractivity contribution in [2.24, 2.45) is 4.99 Å². The van der Waals surface area contributed by atoms with Crippen LogP contribution < -0.4 is 16.0 Å². The number of hydrogen-bond acceptors (Lipinski definition) is 6. The van der Waals surface area contributed by atoms with Gasteiger partial charge in [-0.3, -0.25) is 14.6 Å². The van der Waals surface area contributed by atoms with Gasteiger partial charge in [-0.25, -0.2) is 0 Å². The highest BCUT2D eigenvalue weighted by Crippen LogP contribution is 2.29. The predicted octanol–water partition coefficient (Wildman–Crippen LogP) is 6.07. The third-order valence-corrected chi connectivity index (χ3v) is 7.45. The van der Waals surface area contributed by atoms with Gasteiger partial charge in [0.1, 0.15) is 0 Å². The number of hydrogen-bond donors (Lipinski definition) is 3. The first-order chi connectivity index (χ1) is 19.4. The molecule has 2 aromatic carbocycles. The zero-order chi connectivity index (χ0) is 30.2. The summed E-state index contributed by atoms with van der Waals surface area (Å²) < 4.78 is 0. The average molecular weight is 569 g/mol. The Hall–Kier alpha value is -4.44. The second-order valence-corrected chi connectivity index (χ2v) is 11.5. The maximum absolute atomic E-state index is 13.2. The summed E-state index contributed by atoms with van der Waals surface area (Å²) in [4.78, 5) is 33.3. The summed E-state index contributed by atoms with van der Waals surface area (Å²) >= 11 is 1.33. The largest absolute Gasteiger partial charge is 0.325 e. The molecule has 0 atom stereocenters. The van der Waals surface area contributed by atoms with E-state index in [1.54, 1.807) is 37.3 Å². The molecule has 0 unspecified atom stereocenters. The molecule has 0 fully saturated rings. The van der Waals surface area contributed by atoms with E-state index in [1.165, 1.54) is 11.3 Å². The van der Waals surface area contributed by atoms with Crippen LogP contribution in [0.3, 0.4) is 0 Å². The number of nitriles is 1. The molecule has 1 heterocycles. The second-order valence-electron chi connectivity index (χ2n) is 10.4. The lowest BCUT2D eigenvalue weighted by Gasteiger charge is -2.16. The number of nitrogens with zero attached hydrogens (tertiary/aromatic N) is 3. The van der Waals surface area contributed by atoms with Crippen LogP contribution in [-0.2, 0) is 5.41 Å². The zero-order valence-electron chi connectivity index (χ0n) is 24.6. The number of aryl methyl sites for hydroxylation is 2. The normalized spacial score (nSPS) is 11.3. The number of carbonyl (C=O) groups excluding carboxylic acids is 2. The number of carbonyl (C=O) groups is 2. The minimum atomic E-state index is -0.711. The number of anilines is 3. The van der Waals surface area contributed by atoms with E-state index in [9.17, 15) is 14.9 Å².